The van der Waals surface area contributed by atoms with E-state index < -0.39 is 6.04 Å². The van der Waals surface area contributed by atoms with E-state index in [1.807, 2.05) is 59.6 Å². The predicted octanol–water partition coefficient (Wildman–Crippen LogP) is 3.57. The van der Waals surface area contributed by atoms with Crippen LogP contribution in [0, 0.1) is 0 Å². The minimum atomic E-state index is -0.423. The lowest BCUT2D eigenvalue weighted by molar-refractivity contribution is -0.133. The Labute approximate surface area is 214 Å². The van der Waals surface area contributed by atoms with Crippen LogP contribution in [0.25, 0.3) is 0 Å². The van der Waals surface area contributed by atoms with Gasteiger partial charge in [-0.25, -0.2) is 5.01 Å². The summed E-state index contributed by atoms with van der Waals surface area (Å²) >= 11 is 1.34. The summed E-state index contributed by atoms with van der Waals surface area (Å²) in [5, 5.41) is 8.06. The zero-order chi connectivity index (χ0) is 25.7. The molecular formula is C26H30N4O5S. The molecule has 0 saturated heterocycles. The molecule has 9 nitrogen and oxygen atoms in total. The van der Waals surface area contributed by atoms with Gasteiger partial charge in [-0.15, -0.1) is 11.3 Å². The first kappa shape index (κ1) is 25.5. The minimum Gasteiger partial charge on any atom is -0.497 e. The van der Waals surface area contributed by atoms with Gasteiger partial charge < -0.3 is 23.7 Å². The molecule has 36 heavy (non-hydrogen) atoms. The second-order valence-electron chi connectivity index (χ2n) is 8.31. The van der Waals surface area contributed by atoms with Gasteiger partial charge in [0.05, 0.1) is 43.2 Å². The van der Waals surface area contributed by atoms with Gasteiger partial charge in [-0.2, -0.15) is 5.10 Å². The number of aryl methyl sites for hydroxylation is 1. The molecule has 3 aromatic rings. The van der Waals surface area contributed by atoms with Crippen molar-refractivity contribution in [3.63, 3.8) is 0 Å². The highest BCUT2D eigenvalue weighted by Crippen LogP contribution is 2.39. The Balaban J connectivity index is 1.68. The van der Waals surface area contributed by atoms with Crippen molar-refractivity contribution in [2.45, 2.75) is 12.5 Å². The normalized spacial score (nSPS) is 15.1. The third-order valence-electron chi connectivity index (χ3n) is 6.11. The number of amides is 2. The first-order valence-corrected chi connectivity index (χ1v) is 12.4. The number of methoxy groups -OCH3 is 3. The summed E-state index contributed by atoms with van der Waals surface area (Å²) in [5.74, 6) is 0.778. The number of hydrogen-bond donors (Lipinski definition) is 0. The van der Waals surface area contributed by atoms with Crippen molar-refractivity contribution < 1.29 is 23.8 Å². The average molecular weight is 511 g/mol. The number of thiophene rings is 1. The maximum absolute atomic E-state index is 13.7. The van der Waals surface area contributed by atoms with E-state index in [1.165, 1.54) is 21.2 Å². The lowest BCUT2D eigenvalue weighted by Crippen LogP contribution is -2.42. The molecule has 0 fully saturated rings. The zero-order valence-corrected chi connectivity index (χ0v) is 21.7. The van der Waals surface area contributed by atoms with Crippen LogP contribution in [-0.2, 0) is 16.6 Å². The molecule has 0 N–H and O–H groups in total. The van der Waals surface area contributed by atoms with Crippen molar-refractivity contribution in [3.05, 3.63) is 70.2 Å². The molecule has 1 unspecified atom stereocenters. The Morgan fingerprint density at radius 1 is 1.14 bits per heavy atom. The Hall–Kier alpha value is -3.63. The van der Waals surface area contributed by atoms with Gasteiger partial charge in [0.2, 0.25) is 0 Å². The predicted molar refractivity (Wildman–Crippen MR) is 138 cm³/mol. The summed E-state index contributed by atoms with van der Waals surface area (Å²) < 4.78 is 18.2. The van der Waals surface area contributed by atoms with Crippen molar-refractivity contribution in [3.8, 4) is 11.5 Å². The highest BCUT2D eigenvalue weighted by atomic mass is 32.1. The number of aromatic nitrogens is 1. The molecule has 0 spiro atoms. The number of hydrogen-bond acceptors (Lipinski definition) is 7. The maximum Gasteiger partial charge on any atom is 0.264 e. The maximum atomic E-state index is 13.7. The molecule has 0 saturated carbocycles. The Morgan fingerprint density at radius 2 is 1.97 bits per heavy atom. The molecule has 190 valence electrons. The van der Waals surface area contributed by atoms with Crippen LogP contribution in [-0.4, -0.2) is 73.0 Å². The number of carbonyl (C=O) groups is 2. The number of benzene rings is 1. The van der Waals surface area contributed by atoms with Gasteiger partial charge in [0.1, 0.15) is 18.0 Å². The van der Waals surface area contributed by atoms with Gasteiger partial charge >= 0.3 is 0 Å². The molecule has 2 amide bonds. The first-order chi connectivity index (χ1) is 17.5. The van der Waals surface area contributed by atoms with E-state index in [0.717, 1.165) is 17.0 Å². The standard InChI is InChI=1S/C26H30N4O5S/c1-28-11-5-7-21(28)20-16-22(19-15-18(34-3)9-10-23(19)35-4)30(27-20)25(31)17-29(12-13-33-2)26(32)24-8-6-14-36-24/h5-11,14-15,22H,12-13,16-17H2,1-4H3. The fourth-order valence-electron chi connectivity index (χ4n) is 4.24. The van der Waals surface area contributed by atoms with Crippen LogP contribution in [0.2, 0.25) is 0 Å². The third kappa shape index (κ3) is 5.29. The second-order valence-corrected chi connectivity index (χ2v) is 9.26. The van der Waals surface area contributed by atoms with Gasteiger partial charge in [-0.3, -0.25) is 9.59 Å². The molecular weight excluding hydrogens is 480 g/mol. The molecule has 4 rings (SSSR count). The molecule has 1 aliphatic heterocycles. The minimum absolute atomic E-state index is 0.132. The summed E-state index contributed by atoms with van der Waals surface area (Å²) in [6, 6.07) is 12.6. The average Bonchev–Trinajstić information content (AvgIpc) is 3.66. The van der Waals surface area contributed by atoms with Crippen LogP contribution in [0.1, 0.15) is 33.4 Å². The largest absolute Gasteiger partial charge is 0.497 e. The van der Waals surface area contributed by atoms with Gasteiger partial charge in [0.15, 0.2) is 0 Å². The van der Waals surface area contributed by atoms with Crippen molar-refractivity contribution >= 4 is 28.9 Å². The van der Waals surface area contributed by atoms with E-state index in [1.54, 1.807) is 27.4 Å². The summed E-state index contributed by atoms with van der Waals surface area (Å²) in [6.07, 6.45) is 2.43. The quantitative estimate of drug-likeness (QED) is 0.416. The molecule has 1 aromatic carbocycles. The van der Waals surface area contributed by atoms with E-state index in [0.29, 0.717) is 29.4 Å². The van der Waals surface area contributed by atoms with Crippen molar-refractivity contribution in [1.82, 2.24) is 14.5 Å². The smallest absolute Gasteiger partial charge is 0.264 e. The molecule has 1 atom stereocenters. The van der Waals surface area contributed by atoms with E-state index >= 15 is 0 Å². The summed E-state index contributed by atoms with van der Waals surface area (Å²) in [4.78, 5) is 28.9. The third-order valence-corrected chi connectivity index (χ3v) is 6.97. The number of hydrazone groups is 1. The van der Waals surface area contributed by atoms with Gasteiger partial charge in [0.25, 0.3) is 11.8 Å². The molecule has 0 aliphatic carbocycles. The van der Waals surface area contributed by atoms with Crippen LogP contribution in [0.3, 0.4) is 0 Å². The monoisotopic (exact) mass is 510 g/mol. The van der Waals surface area contributed by atoms with Gasteiger partial charge in [0, 0.05) is 38.9 Å². The van der Waals surface area contributed by atoms with Crippen LogP contribution in [0.15, 0.2) is 59.1 Å². The van der Waals surface area contributed by atoms with Crippen LogP contribution in [0.4, 0.5) is 0 Å². The van der Waals surface area contributed by atoms with Gasteiger partial charge in [-0.05, 0) is 41.8 Å². The van der Waals surface area contributed by atoms with E-state index in [4.69, 9.17) is 19.3 Å². The fraction of sp³-hybridized carbons (Fsp3) is 0.346. The molecule has 0 bridgehead atoms. The molecule has 1 aliphatic rings. The number of rotatable bonds is 10. The number of ether oxygens (including phenoxy) is 3. The van der Waals surface area contributed by atoms with Crippen molar-refractivity contribution in [2.24, 2.45) is 12.1 Å². The zero-order valence-electron chi connectivity index (χ0n) is 20.8. The number of nitrogens with zero attached hydrogens (tertiary/aromatic N) is 4. The van der Waals surface area contributed by atoms with Gasteiger partial charge in [-0.1, -0.05) is 6.07 Å². The highest BCUT2D eigenvalue weighted by Gasteiger charge is 2.37. The lowest BCUT2D eigenvalue weighted by Gasteiger charge is -2.27. The fourth-order valence-corrected chi connectivity index (χ4v) is 4.93. The van der Waals surface area contributed by atoms with Crippen molar-refractivity contribution in [2.75, 3.05) is 41.0 Å². The molecule has 2 aromatic heterocycles. The highest BCUT2D eigenvalue weighted by molar-refractivity contribution is 7.12. The Morgan fingerprint density at radius 3 is 2.61 bits per heavy atom. The molecule has 10 heteroatoms. The van der Waals surface area contributed by atoms with Crippen LogP contribution < -0.4 is 9.47 Å². The van der Waals surface area contributed by atoms with Crippen LogP contribution in [0.5, 0.6) is 11.5 Å². The SMILES string of the molecule is COCCN(CC(=O)N1N=C(c2cccn2C)CC1c1cc(OC)ccc1OC)C(=O)c1cccs1. The lowest BCUT2D eigenvalue weighted by atomic mass is 9.99. The summed E-state index contributed by atoms with van der Waals surface area (Å²) in [6.45, 7) is 0.469. The van der Waals surface area contributed by atoms with E-state index in [-0.39, 0.29) is 24.9 Å². The van der Waals surface area contributed by atoms with E-state index in [9.17, 15) is 9.59 Å². The topological polar surface area (TPSA) is 85.6 Å². The second kappa shape index (κ2) is 11.4. The molecule has 0 radical (unpaired) electrons. The Kier molecular flexibility index (Phi) is 8.07. The van der Waals surface area contributed by atoms with E-state index in [2.05, 4.69) is 0 Å². The van der Waals surface area contributed by atoms with Crippen LogP contribution >= 0.6 is 11.3 Å². The van der Waals surface area contributed by atoms with Crippen molar-refractivity contribution in [1.29, 1.82) is 0 Å². The first-order valence-electron chi connectivity index (χ1n) is 11.5. The summed E-state index contributed by atoms with van der Waals surface area (Å²) in [5.41, 5.74) is 2.48. The summed E-state index contributed by atoms with van der Waals surface area (Å²) in [7, 11) is 6.70. The number of carbonyl (C=O) groups excluding carboxylic acids is 2. The molecule has 3 heterocycles. The Bertz CT molecular complexity index is 1240.